The molecule has 6 nitrogen and oxygen atoms in total. The second-order valence-corrected chi connectivity index (χ2v) is 6.54. The Morgan fingerprint density at radius 2 is 1.59 bits per heavy atom. The number of ether oxygens (including phenoxy) is 2. The molecule has 0 radical (unpaired) electrons. The largest absolute Gasteiger partial charge is 0.494 e. The Hall–Kier alpha value is -2.86. The molecule has 0 aliphatic rings. The van der Waals surface area contributed by atoms with E-state index in [-0.39, 0.29) is 18.3 Å². The number of benzene rings is 2. The van der Waals surface area contributed by atoms with E-state index in [0.29, 0.717) is 24.5 Å². The quantitative estimate of drug-likeness (QED) is 0.584. The molecule has 0 saturated carbocycles. The smallest absolute Gasteiger partial charge is 0.338 e. The molecule has 0 saturated heterocycles. The third-order valence-corrected chi connectivity index (χ3v) is 4.54. The highest BCUT2D eigenvalue weighted by atomic mass is 16.5. The maximum Gasteiger partial charge on any atom is 0.338 e. The second kappa shape index (κ2) is 11.9. The van der Waals surface area contributed by atoms with Gasteiger partial charge < -0.3 is 19.7 Å². The van der Waals surface area contributed by atoms with E-state index in [9.17, 15) is 9.59 Å². The average Bonchev–Trinajstić information content (AvgIpc) is 2.73. The van der Waals surface area contributed by atoms with Crippen LogP contribution in [-0.2, 0) is 16.0 Å². The molecule has 2 aromatic carbocycles. The zero-order chi connectivity index (χ0) is 21.1. The fourth-order valence-corrected chi connectivity index (χ4v) is 2.84. The van der Waals surface area contributed by atoms with E-state index in [1.54, 1.807) is 24.3 Å². The normalized spacial score (nSPS) is 10.6. The second-order valence-electron chi connectivity index (χ2n) is 6.54. The number of carbonyl (C=O) groups excluding carboxylic acids is 2. The minimum absolute atomic E-state index is 0.122. The molecule has 29 heavy (non-hydrogen) atoms. The van der Waals surface area contributed by atoms with Crippen LogP contribution in [0.4, 0.5) is 5.69 Å². The molecule has 0 aliphatic carbocycles. The van der Waals surface area contributed by atoms with Crippen molar-refractivity contribution in [3.05, 3.63) is 59.7 Å². The van der Waals surface area contributed by atoms with Crippen molar-refractivity contribution >= 4 is 17.6 Å². The Morgan fingerprint density at radius 1 is 0.931 bits per heavy atom. The number of rotatable bonds is 11. The van der Waals surface area contributed by atoms with E-state index in [0.717, 1.165) is 30.9 Å². The van der Waals surface area contributed by atoms with Crippen LogP contribution in [-0.4, -0.2) is 49.6 Å². The number of carbonyl (C=O) groups is 2. The Bertz CT molecular complexity index is 768. The molecule has 0 unspecified atom stereocenters. The predicted octanol–water partition coefficient (Wildman–Crippen LogP) is 3.77. The number of amides is 1. The maximum absolute atomic E-state index is 12.2. The van der Waals surface area contributed by atoms with Crippen molar-refractivity contribution in [1.29, 1.82) is 0 Å². The van der Waals surface area contributed by atoms with Gasteiger partial charge in [0.25, 0.3) is 0 Å². The summed E-state index contributed by atoms with van der Waals surface area (Å²) in [4.78, 5) is 26.5. The van der Waals surface area contributed by atoms with Crippen LogP contribution in [0.25, 0.3) is 0 Å². The van der Waals surface area contributed by atoms with Crippen molar-refractivity contribution in [3.63, 3.8) is 0 Å². The molecular weight excluding hydrogens is 368 g/mol. The summed E-state index contributed by atoms with van der Waals surface area (Å²) >= 11 is 0. The van der Waals surface area contributed by atoms with Gasteiger partial charge in [-0.25, -0.2) is 4.79 Å². The number of hydrogen-bond acceptors (Lipinski definition) is 5. The summed E-state index contributed by atoms with van der Waals surface area (Å²) in [6.07, 6.45) is 0.265. The van der Waals surface area contributed by atoms with Gasteiger partial charge in [0.15, 0.2) is 0 Å². The average molecular weight is 399 g/mol. The lowest BCUT2D eigenvalue weighted by Gasteiger charge is -2.17. The van der Waals surface area contributed by atoms with E-state index in [2.05, 4.69) is 24.1 Å². The number of esters is 1. The molecule has 0 atom stereocenters. The lowest BCUT2D eigenvalue weighted by molar-refractivity contribution is -0.115. The minimum atomic E-state index is -0.357. The van der Waals surface area contributed by atoms with Gasteiger partial charge in [-0.3, -0.25) is 4.79 Å². The SMILES string of the molecule is CCOc1ccc(CC(=O)Nc2ccc(C(=O)OCCN(CC)CC)cc2)cc1. The molecule has 6 heteroatoms. The maximum atomic E-state index is 12.2. The molecule has 0 aromatic heterocycles. The van der Waals surface area contributed by atoms with Gasteiger partial charge in [-0.1, -0.05) is 26.0 Å². The number of nitrogens with zero attached hydrogens (tertiary/aromatic N) is 1. The third-order valence-electron chi connectivity index (χ3n) is 4.54. The highest BCUT2D eigenvalue weighted by molar-refractivity contribution is 5.94. The van der Waals surface area contributed by atoms with Crippen LogP contribution < -0.4 is 10.1 Å². The zero-order valence-corrected chi connectivity index (χ0v) is 17.4. The van der Waals surface area contributed by atoms with Crippen LogP contribution in [0.2, 0.25) is 0 Å². The van der Waals surface area contributed by atoms with Gasteiger partial charge in [-0.05, 0) is 62.0 Å². The third kappa shape index (κ3) is 7.58. The molecule has 0 bridgehead atoms. The van der Waals surface area contributed by atoms with Crippen molar-refractivity contribution < 1.29 is 19.1 Å². The van der Waals surface area contributed by atoms with Crippen molar-refractivity contribution in [2.75, 3.05) is 38.2 Å². The molecule has 0 fully saturated rings. The highest BCUT2D eigenvalue weighted by Gasteiger charge is 2.09. The van der Waals surface area contributed by atoms with Crippen LogP contribution in [0.3, 0.4) is 0 Å². The summed E-state index contributed by atoms with van der Waals surface area (Å²) in [5, 5.41) is 2.84. The first-order valence-electron chi connectivity index (χ1n) is 10.1. The molecule has 156 valence electrons. The number of hydrogen-bond donors (Lipinski definition) is 1. The summed E-state index contributed by atoms with van der Waals surface area (Å²) in [5.41, 5.74) is 2.01. The first-order chi connectivity index (χ1) is 14.0. The monoisotopic (exact) mass is 398 g/mol. The molecule has 1 N–H and O–H groups in total. The van der Waals surface area contributed by atoms with Crippen LogP contribution >= 0.6 is 0 Å². The van der Waals surface area contributed by atoms with Gasteiger partial charge in [0.2, 0.25) is 5.91 Å². The van der Waals surface area contributed by atoms with Gasteiger partial charge >= 0.3 is 5.97 Å². The van der Waals surface area contributed by atoms with E-state index in [1.165, 1.54) is 0 Å². The first kappa shape index (κ1) is 22.4. The Balaban J connectivity index is 1.81. The van der Waals surface area contributed by atoms with Crippen LogP contribution in [0.5, 0.6) is 5.75 Å². The lowest BCUT2D eigenvalue weighted by Crippen LogP contribution is -2.27. The summed E-state index contributed by atoms with van der Waals surface area (Å²) in [5.74, 6) is 0.310. The van der Waals surface area contributed by atoms with Crippen molar-refractivity contribution in [1.82, 2.24) is 4.90 Å². The van der Waals surface area contributed by atoms with Crippen molar-refractivity contribution in [2.45, 2.75) is 27.2 Å². The first-order valence-corrected chi connectivity index (χ1v) is 10.1. The minimum Gasteiger partial charge on any atom is -0.494 e. The molecule has 2 aromatic rings. The fraction of sp³-hybridized carbons (Fsp3) is 0.391. The van der Waals surface area contributed by atoms with E-state index in [4.69, 9.17) is 9.47 Å². The molecule has 2 rings (SSSR count). The number of nitrogens with one attached hydrogen (secondary N) is 1. The van der Waals surface area contributed by atoms with Gasteiger partial charge in [0.1, 0.15) is 12.4 Å². The van der Waals surface area contributed by atoms with Gasteiger partial charge in [0.05, 0.1) is 18.6 Å². The van der Waals surface area contributed by atoms with Crippen molar-refractivity contribution in [3.8, 4) is 5.75 Å². The molecule has 0 spiro atoms. The summed E-state index contributed by atoms with van der Waals surface area (Å²) in [6.45, 7) is 9.64. The van der Waals surface area contributed by atoms with Crippen LogP contribution in [0, 0.1) is 0 Å². The van der Waals surface area contributed by atoms with Crippen LogP contribution in [0.1, 0.15) is 36.7 Å². The molecule has 0 aliphatic heterocycles. The standard InChI is InChI=1S/C23H30N2O4/c1-4-25(5-2)15-16-29-23(27)19-9-11-20(12-10-19)24-22(26)17-18-7-13-21(14-8-18)28-6-3/h7-14H,4-6,15-17H2,1-3H3,(H,24,26). The Labute approximate surface area is 172 Å². The fourth-order valence-electron chi connectivity index (χ4n) is 2.84. The molecular formula is C23H30N2O4. The number of anilines is 1. The Morgan fingerprint density at radius 3 is 2.17 bits per heavy atom. The van der Waals surface area contributed by atoms with Crippen LogP contribution in [0.15, 0.2) is 48.5 Å². The topological polar surface area (TPSA) is 67.9 Å². The Kier molecular flexibility index (Phi) is 9.18. The summed E-state index contributed by atoms with van der Waals surface area (Å²) < 4.78 is 10.7. The van der Waals surface area contributed by atoms with E-state index >= 15 is 0 Å². The lowest BCUT2D eigenvalue weighted by atomic mass is 10.1. The molecule has 0 heterocycles. The predicted molar refractivity (Wildman–Crippen MR) is 114 cm³/mol. The summed E-state index contributed by atoms with van der Waals surface area (Å²) in [7, 11) is 0. The van der Waals surface area contributed by atoms with Crippen molar-refractivity contribution in [2.24, 2.45) is 0 Å². The van der Waals surface area contributed by atoms with E-state index in [1.807, 2.05) is 31.2 Å². The van der Waals surface area contributed by atoms with Gasteiger partial charge in [-0.15, -0.1) is 0 Å². The summed E-state index contributed by atoms with van der Waals surface area (Å²) in [6, 6.07) is 14.2. The zero-order valence-electron chi connectivity index (χ0n) is 17.4. The van der Waals surface area contributed by atoms with E-state index < -0.39 is 0 Å². The molecule has 1 amide bonds. The van der Waals surface area contributed by atoms with Gasteiger partial charge in [-0.2, -0.15) is 0 Å². The number of likely N-dealkylation sites (N-methyl/N-ethyl adjacent to an activating group) is 1. The highest BCUT2D eigenvalue weighted by Crippen LogP contribution is 2.14. The van der Waals surface area contributed by atoms with Gasteiger partial charge in [0, 0.05) is 12.2 Å².